The molecule has 3 fully saturated rings. The number of aliphatic hydroxyl groups excluding tert-OH is 1. The molecule has 0 aromatic carbocycles. The van der Waals surface area contributed by atoms with Gasteiger partial charge in [0.25, 0.3) is 0 Å². The lowest BCUT2D eigenvalue weighted by molar-refractivity contribution is -0.152. The first-order valence-electron chi connectivity index (χ1n) is 7.21. The average Bonchev–Trinajstić information content (AvgIpc) is 2.57. The molecular weight excluding hydrogens is 228 g/mol. The van der Waals surface area contributed by atoms with Crippen LogP contribution >= 0.6 is 0 Å². The molecule has 3 aliphatic carbocycles. The third kappa shape index (κ3) is 1.26. The minimum Gasteiger partial charge on any atom is -0.481 e. The topological polar surface area (TPSA) is 57.5 Å². The summed E-state index contributed by atoms with van der Waals surface area (Å²) in [6, 6.07) is 0. The van der Waals surface area contributed by atoms with E-state index >= 15 is 0 Å². The lowest BCUT2D eigenvalue weighted by atomic mass is 9.59. The van der Waals surface area contributed by atoms with Crippen molar-refractivity contribution < 1.29 is 15.0 Å². The Labute approximate surface area is 109 Å². The second kappa shape index (κ2) is 3.50. The van der Waals surface area contributed by atoms with Crippen LogP contribution in [0.3, 0.4) is 0 Å². The van der Waals surface area contributed by atoms with Crippen molar-refractivity contribution in [1.82, 2.24) is 0 Å². The smallest absolute Gasteiger partial charge is 0.307 e. The summed E-state index contributed by atoms with van der Waals surface area (Å²) in [5, 5.41) is 19.8. The van der Waals surface area contributed by atoms with Crippen LogP contribution in [-0.2, 0) is 4.79 Å². The van der Waals surface area contributed by atoms with Gasteiger partial charge in [0, 0.05) is 0 Å². The van der Waals surface area contributed by atoms with Crippen molar-refractivity contribution in [3.8, 4) is 0 Å². The third-order valence-electron chi connectivity index (χ3n) is 6.58. The second-order valence-corrected chi connectivity index (χ2v) is 7.55. The van der Waals surface area contributed by atoms with E-state index in [1.54, 1.807) is 0 Å². The van der Waals surface area contributed by atoms with E-state index in [2.05, 4.69) is 20.8 Å². The van der Waals surface area contributed by atoms with Crippen molar-refractivity contribution in [2.24, 2.45) is 34.5 Å². The Morgan fingerprint density at radius 1 is 1.22 bits per heavy atom. The van der Waals surface area contributed by atoms with Gasteiger partial charge in [-0.2, -0.15) is 0 Å². The van der Waals surface area contributed by atoms with Crippen LogP contribution in [0.25, 0.3) is 0 Å². The van der Waals surface area contributed by atoms with Gasteiger partial charge < -0.3 is 10.2 Å². The quantitative estimate of drug-likeness (QED) is 0.754. The SMILES string of the molecule is C[C@@H]1[C@@H](O)C[C@@H]2[C@H]3CC[C@@H](C(=O)O)[C@@]12CC3(C)C. The summed E-state index contributed by atoms with van der Waals surface area (Å²) < 4.78 is 0. The van der Waals surface area contributed by atoms with Crippen LogP contribution in [0.5, 0.6) is 0 Å². The minimum atomic E-state index is -0.642. The molecule has 0 saturated heterocycles. The standard InChI is InChI=1S/C15H24O3/c1-8-12(16)6-11-9-4-5-10(13(17)18)15(8,11)7-14(9,2)3/h8-12,16H,4-7H2,1-3H3,(H,17,18)/t8-,9-,10+,11-,12+,15-/m1/s1. The lowest BCUT2D eigenvalue weighted by Crippen LogP contribution is -2.44. The van der Waals surface area contributed by atoms with Gasteiger partial charge in [0.05, 0.1) is 12.0 Å². The number of carboxylic acid groups (broad SMARTS) is 1. The first kappa shape index (κ1) is 12.5. The second-order valence-electron chi connectivity index (χ2n) is 7.55. The summed E-state index contributed by atoms with van der Waals surface area (Å²) in [7, 11) is 0. The molecule has 0 radical (unpaired) electrons. The van der Waals surface area contributed by atoms with Crippen molar-refractivity contribution in [1.29, 1.82) is 0 Å². The van der Waals surface area contributed by atoms with E-state index in [0.717, 1.165) is 25.7 Å². The van der Waals surface area contributed by atoms with Gasteiger partial charge in [0.2, 0.25) is 0 Å². The van der Waals surface area contributed by atoms with E-state index in [1.807, 2.05) is 0 Å². The molecule has 102 valence electrons. The molecule has 3 heteroatoms. The number of hydrogen-bond acceptors (Lipinski definition) is 2. The molecule has 2 bridgehead atoms. The Balaban J connectivity index is 2.10. The molecule has 18 heavy (non-hydrogen) atoms. The summed E-state index contributed by atoms with van der Waals surface area (Å²) in [5.74, 6) is 0.276. The molecule has 0 aromatic rings. The number of aliphatic hydroxyl groups is 1. The van der Waals surface area contributed by atoms with Gasteiger partial charge in [-0.05, 0) is 54.3 Å². The van der Waals surface area contributed by atoms with Crippen molar-refractivity contribution in [3.05, 3.63) is 0 Å². The minimum absolute atomic E-state index is 0.133. The number of aliphatic carboxylic acids is 1. The van der Waals surface area contributed by atoms with E-state index in [9.17, 15) is 15.0 Å². The molecule has 2 N–H and O–H groups in total. The van der Waals surface area contributed by atoms with Gasteiger partial charge in [-0.25, -0.2) is 0 Å². The van der Waals surface area contributed by atoms with Crippen molar-refractivity contribution >= 4 is 5.97 Å². The van der Waals surface area contributed by atoms with E-state index in [0.29, 0.717) is 11.8 Å². The molecule has 3 nitrogen and oxygen atoms in total. The number of carboxylic acids is 1. The molecule has 0 unspecified atom stereocenters. The van der Waals surface area contributed by atoms with Crippen LogP contribution in [0.2, 0.25) is 0 Å². The monoisotopic (exact) mass is 252 g/mol. The summed E-state index contributed by atoms with van der Waals surface area (Å²) in [5.41, 5.74) is 0.0981. The Morgan fingerprint density at radius 2 is 1.89 bits per heavy atom. The van der Waals surface area contributed by atoms with Crippen LogP contribution < -0.4 is 0 Å². The maximum atomic E-state index is 11.7. The van der Waals surface area contributed by atoms with Crippen LogP contribution in [0.4, 0.5) is 0 Å². The van der Waals surface area contributed by atoms with Crippen molar-refractivity contribution in [2.45, 2.75) is 52.6 Å². The van der Waals surface area contributed by atoms with Crippen LogP contribution in [0.15, 0.2) is 0 Å². The highest BCUT2D eigenvalue weighted by Gasteiger charge is 2.69. The lowest BCUT2D eigenvalue weighted by Gasteiger charge is -2.44. The highest BCUT2D eigenvalue weighted by atomic mass is 16.4. The number of rotatable bonds is 1. The van der Waals surface area contributed by atoms with Gasteiger partial charge in [-0.3, -0.25) is 4.79 Å². The first-order chi connectivity index (χ1) is 8.30. The molecule has 6 atom stereocenters. The number of hydrogen-bond donors (Lipinski definition) is 2. The molecule has 0 spiro atoms. The first-order valence-corrected chi connectivity index (χ1v) is 7.21. The average molecular weight is 252 g/mol. The fourth-order valence-corrected chi connectivity index (χ4v) is 5.93. The van der Waals surface area contributed by atoms with Crippen LogP contribution in [0, 0.1) is 34.5 Å². The largest absolute Gasteiger partial charge is 0.481 e. The zero-order chi connectivity index (χ0) is 13.3. The molecule has 3 rings (SSSR count). The van der Waals surface area contributed by atoms with E-state index in [-0.39, 0.29) is 28.8 Å². The van der Waals surface area contributed by atoms with Gasteiger partial charge >= 0.3 is 5.97 Å². The molecule has 3 saturated carbocycles. The van der Waals surface area contributed by atoms with Crippen molar-refractivity contribution in [2.75, 3.05) is 0 Å². The molecule has 0 aromatic heterocycles. The maximum Gasteiger partial charge on any atom is 0.307 e. The Hall–Kier alpha value is -0.570. The number of carbonyl (C=O) groups is 1. The van der Waals surface area contributed by atoms with Crippen LogP contribution in [-0.4, -0.2) is 22.3 Å². The predicted molar refractivity (Wildman–Crippen MR) is 68.0 cm³/mol. The van der Waals surface area contributed by atoms with Gasteiger partial charge in [-0.15, -0.1) is 0 Å². The van der Waals surface area contributed by atoms with E-state index < -0.39 is 5.97 Å². The summed E-state index contributed by atoms with van der Waals surface area (Å²) in [6.07, 6.45) is 3.32. The molecule has 0 heterocycles. The highest BCUT2D eigenvalue weighted by Crippen LogP contribution is 2.72. The van der Waals surface area contributed by atoms with Gasteiger partial charge in [0.15, 0.2) is 0 Å². The maximum absolute atomic E-state index is 11.7. The normalized spacial score (nSPS) is 53.2. The Kier molecular flexibility index (Phi) is 2.42. The predicted octanol–water partition coefficient (Wildman–Crippen LogP) is 2.53. The fraction of sp³-hybridized carbons (Fsp3) is 0.933. The fourth-order valence-electron chi connectivity index (χ4n) is 5.93. The zero-order valence-electron chi connectivity index (χ0n) is 11.5. The zero-order valence-corrected chi connectivity index (χ0v) is 11.5. The van der Waals surface area contributed by atoms with Crippen LogP contribution in [0.1, 0.15) is 46.5 Å². The summed E-state index contributed by atoms with van der Waals surface area (Å²) >= 11 is 0. The summed E-state index contributed by atoms with van der Waals surface area (Å²) in [4.78, 5) is 11.7. The summed E-state index contributed by atoms with van der Waals surface area (Å²) in [6.45, 7) is 6.66. The Morgan fingerprint density at radius 3 is 2.50 bits per heavy atom. The Bertz CT molecular complexity index is 389. The van der Waals surface area contributed by atoms with E-state index in [1.165, 1.54) is 0 Å². The molecule has 0 aliphatic heterocycles. The van der Waals surface area contributed by atoms with E-state index in [4.69, 9.17) is 0 Å². The van der Waals surface area contributed by atoms with Crippen molar-refractivity contribution in [3.63, 3.8) is 0 Å². The highest BCUT2D eigenvalue weighted by molar-refractivity contribution is 5.72. The van der Waals surface area contributed by atoms with Gasteiger partial charge in [0.1, 0.15) is 0 Å². The molecular formula is C15H24O3. The molecule has 0 amide bonds. The molecule has 3 aliphatic rings. The third-order valence-corrected chi connectivity index (χ3v) is 6.58. The van der Waals surface area contributed by atoms with Gasteiger partial charge in [-0.1, -0.05) is 20.8 Å².